The van der Waals surface area contributed by atoms with Crippen LogP contribution in [0.3, 0.4) is 0 Å². The molecule has 4 heteroatoms. The van der Waals surface area contributed by atoms with Gasteiger partial charge in [0, 0.05) is 48.6 Å². The molecular formula is C14H14N2O2. The Hall–Kier alpha value is -2.10. The Kier molecular flexibility index (Phi) is 2.63. The third-order valence-electron chi connectivity index (χ3n) is 3.43. The highest BCUT2D eigenvalue weighted by Gasteiger charge is 2.22. The standard InChI is InChI=1S/C14H14N2O2/c17-10-5-8-16(9-6-10)14(18)12-2-1-3-13-11(12)4-7-15-13/h1-4,7,15H,5-6,8-9H2. The van der Waals surface area contributed by atoms with Gasteiger partial charge in [0.15, 0.2) is 0 Å². The number of H-pyrrole nitrogens is 1. The van der Waals surface area contributed by atoms with E-state index in [1.54, 1.807) is 4.90 Å². The van der Waals surface area contributed by atoms with Crippen LogP contribution in [0.5, 0.6) is 0 Å². The van der Waals surface area contributed by atoms with E-state index in [-0.39, 0.29) is 11.7 Å². The number of piperidine rings is 1. The molecule has 18 heavy (non-hydrogen) atoms. The first-order valence-corrected chi connectivity index (χ1v) is 6.13. The first-order chi connectivity index (χ1) is 8.75. The molecule has 0 aliphatic carbocycles. The third kappa shape index (κ3) is 1.79. The molecule has 1 aromatic heterocycles. The van der Waals surface area contributed by atoms with E-state index in [1.165, 1.54) is 0 Å². The van der Waals surface area contributed by atoms with Gasteiger partial charge in [-0.25, -0.2) is 0 Å². The molecule has 1 aliphatic rings. The fraction of sp³-hybridized carbons (Fsp3) is 0.286. The second kappa shape index (κ2) is 4.29. The summed E-state index contributed by atoms with van der Waals surface area (Å²) >= 11 is 0. The molecular weight excluding hydrogens is 228 g/mol. The summed E-state index contributed by atoms with van der Waals surface area (Å²) in [5.41, 5.74) is 1.68. The van der Waals surface area contributed by atoms with Gasteiger partial charge in [-0.15, -0.1) is 0 Å². The number of aromatic amines is 1. The van der Waals surface area contributed by atoms with Crippen molar-refractivity contribution in [2.75, 3.05) is 13.1 Å². The van der Waals surface area contributed by atoms with Gasteiger partial charge >= 0.3 is 0 Å². The SMILES string of the molecule is O=C1CCN(C(=O)c2cccc3[nH]ccc23)CC1. The van der Waals surface area contributed by atoms with Crippen molar-refractivity contribution in [3.63, 3.8) is 0 Å². The number of aromatic nitrogens is 1. The van der Waals surface area contributed by atoms with Crippen LogP contribution in [0.2, 0.25) is 0 Å². The number of amides is 1. The number of nitrogens with zero attached hydrogens (tertiary/aromatic N) is 1. The van der Waals surface area contributed by atoms with Gasteiger partial charge in [0.05, 0.1) is 0 Å². The Balaban J connectivity index is 1.92. The van der Waals surface area contributed by atoms with Crippen molar-refractivity contribution in [2.24, 2.45) is 0 Å². The molecule has 0 bridgehead atoms. The summed E-state index contributed by atoms with van der Waals surface area (Å²) in [4.78, 5) is 28.5. The van der Waals surface area contributed by atoms with Gasteiger partial charge < -0.3 is 9.88 Å². The predicted octanol–water partition coefficient (Wildman–Crippen LogP) is 1.97. The molecule has 0 saturated carbocycles. The smallest absolute Gasteiger partial charge is 0.254 e. The minimum atomic E-state index is 0.0210. The van der Waals surface area contributed by atoms with Crippen molar-refractivity contribution in [1.29, 1.82) is 0 Å². The number of rotatable bonds is 1. The van der Waals surface area contributed by atoms with E-state index in [2.05, 4.69) is 4.98 Å². The number of carbonyl (C=O) groups is 2. The Morgan fingerprint density at radius 2 is 1.94 bits per heavy atom. The fourth-order valence-electron chi connectivity index (χ4n) is 2.40. The van der Waals surface area contributed by atoms with Gasteiger partial charge in [-0.1, -0.05) is 6.07 Å². The van der Waals surface area contributed by atoms with E-state index in [0.29, 0.717) is 31.5 Å². The Labute approximate surface area is 105 Å². The van der Waals surface area contributed by atoms with Crippen molar-refractivity contribution in [3.8, 4) is 0 Å². The number of ketones is 1. The molecule has 1 aromatic carbocycles. The highest BCUT2D eigenvalue weighted by Crippen LogP contribution is 2.20. The fourth-order valence-corrected chi connectivity index (χ4v) is 2.40. The first-order valence-electron chi connectivity index (χ1n) is 6.13. The number of hydrogen-bond acceptors (Lipinski definition) is 2. The molecule has 1 saturated heterocycles. The molecule has 0 atom stereocenters. The van der Waals surface area contributed by atoms with Crippen molar-refractivity contribution < 1.29 is 9.59 Å². The van der Waals surface area contributed by atoms with Crippen LogP contribution in [0.25, 0.3) is 10.9 Å². The highest BCUT2D eigenvalue weighted by atomic mass is 16.2. The van der Waals surface area contributed by atoms with Gasteiger partial charge in [0.1, 0.15) is 5.78 Å². The van der Waals surface area contributed by atoms with Gasteiger partial charge in [-0.3, -0.25) is 9.59 Å². The number of likely N-dealkylation sites (tertiary alicyclic amines) is 1. The summed E-state index contributed by atoms with van der Waals surface area (Å²) in [5.74, 6) is 0.270. The van der Waals surface area contributed by atoms with E-state index in [0.717, 1.165) is 10.9 Å². The summed E-state index contributed by atoms with van der Waals surface area (Å²) < 4.78 is 0. The maximum atomic E-state index is 12.4. The molecule has 0 unspecified atom stereocenters. The van der Waals surface area contributed by atoms with Crippen LogP contribution in [0, 0.1) is 0 Å². The van der Waals surface area contributed by atoms with E-state index in [9.17, 15) is 9.59 Å². The Morgan fingerprint density at radius 1 is 1.17 bits per heavy atom. The molecule has 1 amide bonds. The molecule has 2 aromatic rings. The molecule has 2 heterocycles. The molecule has 3 rings (SSSR count). The Bertz CT molecular complexity index is 605. The largest absolute Gasteiger partial charge is 0.361 e. The van der Waals surface area contributed by atoms with E-state index in [4.69, 9.17) is 0 Å². The van der Waals surface area contributed by atoms with Crippen LogP contribution >= 0.6 is 0 Å². The van der Waals surface area contributed by atoms with E-state index in [1.807, 2.05) is 30.5 Å². The normalized spacial score (nSPS) is 16.2. The number of hydrogen-bond donors (Lipinski definition) is 1. The lowest BCUT2D eigenvalue weighted by molar-refractivity contribution is -0.120. The van der Waals surface area contributed by atoms with Crippen LogP contribution in [0.15, 0.2) is 30.5 Å². The number of nitrogens with one attached hydrogen (secondary N) is 1. The third-order valence-corrected chi connectivity index (χ3v) is 3.43. The molecule has 1 aliphatic heterocycles. The van der Waals surface area contributed by atoms with Crippen LogP contribution in [-0.4, -0.2) is 34.7 Å². The molecule has 92 valence electrons. The number of benzene rings is 1. The van der Waals surface area contributed by atoms with Crippen LogP contribution < -0.4 is 0 Å². The summed E-state index contributed by atoms with van der Waals surface area (Å²) in [6, 6.07) is 7.58. The Morgan fingerprint density at radius 3 is 2.72 bits per heavy atom. The van der Waals surface area contributed by atoms with E-state index < -0.39 is 0 Å². The number of fused-ring (bicyclic) bond motifs is 1. The van der Waals surface area contributed by atoms with Gasteiger partial charge in [-0.05, 0) is 18.2 Å². The quantitative estimate of drug-likeness (QED) is 0.831. The summed E-state index contributed by atoms with van der Waals surface area (Å²) in [6.45, 7) is 1.08. The van der Waals surface area contributed by atoms with Crippen molar-refractivity contribution in [2.45, 2.75) is 12.8 Å². The second-order valence-corrected chi connectivity index (χ2v) is 4.58. The average molecular weight is 242 g/mol. The minimum Gasteiger partial charge on any atom is -0.361 e. The number of carbonyl (C=O) groups excluding carboxylic acids is 2. The van der Waals surface area contributed by atoms with Gasteiger partial charge in [0.25, 0.3) is 5.91 Å². The van der Waals surface area contributed by atoms with Crippen LogP contribution in [-0.2, 0) is 4.79 Å². The monoisotopic (exact) mass is 242 g/mol. The van der Waals surface area contributed by atoms with Crippen LogP contribution in [0.1, 0.15) is 23.2 Å². The first kappa shape index (κ1) is 11.0. The van der Waals surface area contributed by atoms with Crippen LogP contribution in [0.4, 0.5) is 0 Å². The molecule has 0 radical (unpaired) electrons. The maximum absolute atomic E-state index is 12.4. The van der Waals surface area contributed by atoms with Crippen molar-refractivity contribution >= 4 is 22.6 Å². The lowest BCUT2D eigenvalue weighted by Crippen LogP contribution is -2.38. The molecule has 1 N–H and O–H groups in total. The summed E-state index contributed by atoms with van der Waals surface area (Å²) in [7, 11) is 0. The zero-order valence-electron chi connectivity index (χ0n) is 9.98. The van der Waals surface area contributed by atoms with Gasteiger partial charge in [0.2, 0.25) is 0 Å². The molecule has 0 spiro atoms. The topological polar surface area (TPSA) is 53.2 Å². The molecule has 1 fully saturated rings. The summed E-state index contributed by atoms with van der Waals surface area (Å²) in [6.07, 6.45) is 2.80. The second-order valence-electron chi connectivity index (χ2n) is 4.58. The lowest BCUT2D eigenvalue weighted by Gasteiger charge is -2.26. The maximum Gasteiger partial charge on any atom is 0.254 e. The predicted molar refractivity (Wildman–Crippen MR) is 68.4 cm³/mol. The van der Waals surface area contributed by atoms with E-state index >= 15 is 0 Å². The minimum absolute atomic E-state index is 0.0210. The molecule has 4 nitrogen and oxygen atoms in total. The van der Waals surface area contributed by atoms with Gasteiger partial charge in [-0.2, -0.15) is 0 Å². The zero-order chi connectivity index (χ0) is 12.5. The zero-order valence-corrected chi connectivity index (χ0v) is 9.98. The number of Topliss-reactive ketones (excluding diaryl/α,β-unsaturated/α-hetero) is 1. The van der Waals surface area contributed by atoms with Crippen molar-refractivity contribution in [3.05, 3.63) is 36.0 Å². The highest BCUT2D eigenvalue weighted by molar-refractivity contribution is 6.06. The average Bonchev–Trinajstić information content (AvgIpc) is 2.87. The summed E-state index contributed by atoms with van der Waals surface area (Å²) in [5, 5.41) is 0.944. The van der Waals surface area contributed by atoms with Crippen molar-refractivity contribution in [1.82, 2.24) is 9.88 Å². The lowest BCUT2D eigenvalue weighted by atomic mass is 10.1.